The topological polar surface area (TPSA) is 50.2 Å². The number of amides is 1. The van der Waals surface area contributed by atoms with Gasteiger partial charge in [0.05, 0.1) is 6.04 Å². The van der Waals surface area contributed by atoms with Gasteiger partial charge in [0.15, 0.2) is 0 Å². The molecule has 1 fully saturated rings. The molecule has 5 heteroatoms. The average Bonchev–Trinajstić information content (AvgIpc) is 3.05. The predicted octanol–water partition coefficient (Wildman–Crippen LogP) is 2.24. The standard InChI is InChI=1S/C17H26N4O/c1-18-17(22)16-9-11-21(19-16)15-8-5-10-20(13-15)12-14-6-3-2-4-7-14/h2-3,9,11,14-15H,4-8,10,12-13H2,1H3,(H,18,22)/t14-,15-/m0/s1. The van der Waals surface area contributed by atoms with E-state index in [1.807, 2.05) is 16.9 Å². The molecule has 0 radical (unpaired) electrons. The van der Waals surface area contributed by atoms with Crippen molar-refractivity contribution in [3.05, 3.63) is 30.1 Å². The molecule has 2 aliphatic rings. The third kappa shape index (κ3) is 3.58. The first kappa shape index (κ1) is 15.3. The van der Waals surface area contributed by atoms with Crippen molar-refractivity contribution in [2.75, 3.05) is 26.7 Å². The fourth-order valence-corrected chi connectivity index (χ4v) is 3.59. The number of piperidine rings is 1. The maximum atomic E-state index is 11.6. The van der Waals surface area contributed by atoms with Gasteiger partial charge in [-0.3, -0.25) is 9.48 Å². The van der Waals surface area contributed by atoms with Gasteiger partial charge < -0.3 is 10.2 Å². The number of carbonyl (C=O) groups is 1. The van der Waals surface area contributed by atoms with E-state index in [4.69, 9.17) is 0 Å². The summed E-state index contributed by atoms with van der Waals surface area (Å²) in [5.41, 5.74) is 0.511. The normalized spacial score (nSPS) is 26.0. The molecule has 1 aliphatic heterocycles. The van der Waals surface area contributed by atoms with Crippen LogP contribution in [-0.4, -0.2) is 47.3 Å². The molecule has 1 aliphatic carbocycles. The van der Waals surface area contributed by atoms with Crippen LogP contribution >= 0.6 is 0 Å². The first-order chi connectivity index (χ1) is 10.8. The van der Waals surface area contributed by atoms with Crippen molar-refractivity contribution in [2.45, 2.75) is 38.1 Å². The summed E-state index contributed by atoms with van der Waals surface area (Å²) in [5.74, 6) is 0.697. The molecular weight excluding hydrogens is 276 g/mol. The molecule has 0 saturated carbocycles. The van der Waals surface area contributed by atoms with E-state index in [-0.39, 0.29) is 5.91 Å². The second-order valence-corrected chi connectivity index (χ2v) is 6.47. The number of carbonyl (C=O) groups excluding carboxylic acids is 1. The van der Waals surface area contributed by atoms with Crippen molar-refractivity contribution in [3.63, 3.8) is 0 Å². The van der Waals surface area contributed by atoms with Crippen LogP contribution in [0.25, 0.3) is 0 Å². The SMILES string of the molecule is CNC(=O)c1ccn([C@H]2CCCN(C[C@H]3CC=CCC3)C2)n1. The molecule has 22 heavy (non-hydrogen) atoms. The van der Waals surface area contributed by atoms with Gasteiger partial charge in [0.1, 0.15) is 5.69 Å². The number of hydrogen-bond donors (Lipinski definition) is 1. The molecular formula is C17H26N4O. The maximum Gasteiger partial charge on any atom is 0.271 e. The molecule has 5 nitrogen and oxygen atoms in total. The van der Waals surface area contributed by atoms with Crippen LogP contribution in [0.3, 0.4) is 0 Å². The fraction of sp³-hybridized carbons (Fsp3) is 0.647. The van der Waals surface area contributed by atoms with Crippen LogP contribution in [0, 0.1) is 5.92 Å². The Labute approximate surface area is 132 Å². The molecule has 3 rings (SSSR count). The summed E-state index contributed by atoms with van der Waals surface area (Å²) in [7, 11) is 1.64. The van der Waals surface area contributed by atoms with Gasteiger partial charge in [-0.1, -0.05) is 12.2 Å². The van der Waals surface area contributed by atoms with E-state index in [0.717, 1.165) is 18.9 Å². The number of nitrogens with one attached hydrogen (secondary N) is 1. The van der Waals surface area contributed by atoms with Crippen LogP contribution < -0.4 is 5.32 Å². The number of nitrogens with zero attached hydrogens (tertiary/aromatic N) is 3. The van der Waals surface area contributed by atoms with E-state index in [1.165, 1.54) is 38.8 Å². The highest BCUT2D eigenvalue weighted by Gasteiger charge is 2.24. The van der Waals surface area contributed by atoms with Crippen LogP contribution in [0.5, 0.6) is 0 Å². The molecule has 1 saturated heterocycles. The van der Waals surface area contributed by atoms with E-state index in [0.29, 0.717) is 11.7 Å². The van der Waals surface area contributed by atoms with Crippen LogP contribution in [0.15, 0.2) is 24.4 Å². The van der Waals surface area contributed by atoms with Gasteiger partial charge in [-0.15, -0.1) is 0 Å². The lowest BCUT2D eigenvalue weighted by Crippen LogP contribution is -2.39. The summed E-state index contributed by atoms with van der Waals surface area (Å²) in [6.45, 7) is 3.44. The lowest BCUT2D eigenvalue weighted by atomic mass is 9.93. The zero-order valence-electron chi connectivity index (χ0n) is 13.4. The Balaban J connectivity index is 1.59. The Morgan fingerprint density at radius 1 is 1.41 bits per heavy atom. The van der Waals surface area contributed by atoms with E-state index in [2.05, 4.69) is 27.5 Å². The minimum absolute atomic E-state index is 0.111. The molecule has 1 amide bonds. The summed E-state index contributed by atoms with van der Waals surface area (Å²) < 4.78 is 1.98. The predicted molar refractivity (Wildman–Crippen MR) is 86.8 cm³/mol. The third-order valence-corrected chi connectivity index (χ3v) is 4.82. The van der Waals surface area contributed by atoms with Gasteiger partial charge >= 0.3 is 0 Å². The largest absolute Gasteiger partial charge is 0.354 e. The van der Waals surface area contributed by atoms with Crippen molar-refractivity contribution in [1.29, 1.82) is 0 Å². The monoisotopic (exact) mass is 302 g/mol. The van der Waals surface area contributed by atoms with Crippen molar-refractivity contribution in [2.24, 2.45) is 5.92 Å². The summed E-state index contributed by atoms with van der Waals surface area (Å²) in [6.07, 6.45) is 12.7. The Kier molecular flexibility index (Phi) is 4.93. The van der Waals surface area contributed by atoms with Crippen molar-refractivity contribution in [3.8, 4) is 0 Å². The minimum Gasteiger partial charge on any atom is -0.354 e. The molecule has 0 bridgehead atoms. The summed E-state index contributed by atoms with van der Waals surface area (Å²) in [5, 5.41) is 7.08. The molecule has 0 spiro atoms. The molecule has 0 unspecified atom stereocenters. The van der Waals surface area contributed by atoms with E-state index >= 15 is 0 Å². The first-order valence-corrected chi connectivity index (χ1v) is 8.41. The van der Waals surface area contributed by atoms with E-state index in [9.17, 15) is 4.79 Å². The smallest absolute Gasteiger partial charge is 0.271 e. The molecule has 120 valence electrons. The minimum atomic E-state index is -0.111. The van der Waals surface area contributed by atoms with Gasteiger partial charge in [0, 0.05) is 26.3 Å². The first-order valence-electron chi connectivity index (χ1n) is 8.41. The van der Waals surface area contributed by atoms with E-state index in [1.54, 1.807) is 7.05 Å². The number of likely N-dealkylation sites (tertiary alicyclic amines) is 1. The second kappa shape index (κ2) is 7.09. The molecule has 1 aromatic heterocycles. The summed E-state index contributed by atoms with van der Waals surface area (Å²) in [4.78, 5) is 14.2. The summed E-state index contributed by atoms with van der Waals surface area (Å²) in [6, 6.07) is 2.20. The van der Waals surface area contributed by atoms with E-state index < -0.39 is 0 Å². The Bertz CT molecular complexity index is 537. The fourth-order valence-electron chi connectivity index (χ4n) is 3.59. The van der Waals surface area contributed by atoms with Crippen molar-refractivity contribution in [1.82, 2.24) is 20.0 Å². The van der Waals surface area contributed by atoms with Gasteiger partial charge in [0.25, 0.3) is 5.91 Å². The number of hydrogen-bond acceptors (Lipinski definition) is 3. The lowest BCUT2D eigenvalue weighted by molar-refractivity contribution is 0.0955. The molecule has 0 aromatic carbocycles. The Morgan fingerprint density at radius 2 is 2.32 bits per heavy atom. The number of allylic oxidation sites excluding steroid dienone is 2. The van der Waals surface area contributed by atoms with Crippen LogP contribution in [0.1, 0.15) is 48.6 Å². The van der Waals surface area contributed by atoms with Crippen molar-refractivity contribution < 1.29 is 4.79 Å². The van der Waals surface area contributed by atoms with Gasteiger partial charge in [0.2, 0.25) is 0 Å². The Hall–Kier alpha value is -1.62. The van der Waals surface area contributed by atoms with Gasteiger partial charge in [-0.25, -0.2) is 0 Å². The molecule has 2 atom stereocenters. The zero-order chi connectivity index (χ0) is 15.4. The average molecular weight is 302 g/mol. The highest BCUT2D eigenvalue weighted by Crippen LogP contribution is 2.25. The maximum absolute atomic E-state index is 11.6. The van der Waals surface area contributed by atoms with Crippen LogP contribution in [0.2, 0.25) is 0 Å². The lowest BCUT2D eigenvalue weighted by Gasteiger charge is -2.35. The highest BCUT2D eigenvalue weighted by molar-refractivity contribution is 5.91. The number of aromatic nitrogens is 2. The molecule has 1 N–H and O–H groups in total. The van der Waals surface area contributed by atoms with Crippen LogP contribution in [0.4, 0.5) is 0 Å². The quantitative estimate of drug-likeness (QED) is 0.868. The highest BCUT2D eigenvalue weighted by atomic mass is 16.1. The molecule has 2 heterocycles. The van der Waals surface area contributed by atoms with Gasteiger partial charge in [-0.2, -0.15) is 5.10 Å². The third-order valence-electron chi connectivity index (χ3n) is 4.82. The van der Waals surface area contributed by atoms with Crippen molar-refractivity contribution >= 4 is 5.91 Å². The van der Waals surface area contributed by atoms with Gasteiger partial charge in [-0.05, 0) is 50.6 Å². The van der Waals surface area contributed by atoms with Crippen LogP contribution in [-0.2, 0) is 0 Å². The zero-order valence-corrected chi connectivity index (χ0v) is 13.4. The second-order valence-electron chi connectivity index (χ2n) is 6.47. The summed E-state index contributed by atoms with van der Waals surface area (Å²) >= 11 is 0. The number of rotatable bonds is 4. The molecule has 1 aromatic rings. The Morgan fingerprint density at radius 3 is 3.09 bits per heavy atom.